The molecule has 2 atom stereocenters. The summed E-state index contributed by atoms with van der Waals surface area (Å²) in [5.74, 6) is 0. The molecule has 112 valence electrons. The Morgan fingerprint density at radius 1 is 1.25 bits per heavy atom. The Hall–Kier alpha value is -0.860. The summed E-state index contributed by atoms with van der Waals surface area (Å²) in [4.78, 5) is 2.65. The molecule has 1 aliphatic rings. The SMILES string of the molecule is Cc1ccc(C(C)NCCCN2CCCCC2C)cc1. The average Bonchev–Trinajstić information content (AvgIpc) is 2.46. The quantitative estimate of drug-likeness (QED) is 0.791. The van der Waals surface area contributed by atoms with Crippen LogP contribution in [-0.2, 0) is 0 Å². The second-order valence-corrected chi connectivity index (χ2v) is 6.32. The maximum absolute atomic E-state index is 3.65. The first-order chi connectivity index (χ1) is 9.66. The van der Waals surface area contributed by atoms with Gasteiger partial charge in [-0.25, -0.2) is 0 Å². The molecule has 20 heavy (non-hydrogen) atoms. The molecule has 0 bridgehead atoms. The van der Waals surface area contributed by atoms with Crippen LogP contribution in [0.4, 0.5) is 0 Å². The highest BCUT2D eigenvalue weighted by atomic mass is 15.2. The van der Waals surface area contributed by atoms with Crippen molar-refractivity contribution < 1.29 is 0 Å². The van der Waals surface area contributed by atoms with E-state index in [0.29, 0.717) is 6.04 Å². The molecule has 0 radical (unpaired) electrons. The van der Waals surface area contributed by atoms with Gasteiger partial charge < -0.3 is 10.2 Å². The summed E-state index contributed by atoms with van der Waals surface area (Å²) in [6, 6.07) is 10.1. The predicted octanol–water partition coefficient (Wildman–Crippen LogP) is 3.91. The molecule has 0 saturated carbocycles. The average molecular weight is 274 g/mol. The van der Waals surface area contributed by atoms with Gasteiger partial charge in [0.15, 0.2) is 0 Å². The number of hydrogen-bond acceptors (Lipinski definition) is 2. The minimum Gasteiger partial charge on any atom is -0.310 e. The van der Waals surface area contributed by atoms with E-state index in [-0.39, 0.29) is 0 Å². The molecule has 1 aromatic carbocycles. The minimum atomic E-state index is 0.453. The van der Waals surface area contributed by atoms with Gasteiger partial charge in [-0.05, 0) is 65.2 Å². The number of likely N-dealkylation sites (tertiary alicyclic amines) is 1. The standard InChI is InChI=1S/C18H30N2/c1-15-8-10-18(11-9-15)17(3)19-12-6-14-20-13-5-4-7-16(20)2/h8-11,16-17,19H,4-7,12-14H2,1-3H3. The zero-order chi connectivity index (χ0) is 14.4. The molecule has 0 amide bonds. The Balaban J connectivity index is 1.66. The van der Waals surface area contributed by atoms with E-state index in [1.54, 1.807) is 0 Å². The Labute approximate surface area is 124 Å². The number of nitrogens with one attached hydrogen (secondary N) is 1. The van der Waals surface area contributed by atoms with Crippen LogP contribution in [0.3, 0.4) is 0 Å². The lowest BCUT2D eigenvalue weighted by atomic mass is 10.0. The summed E-state index contributed by atoms with van der Waals surface area (Å²) in [6.45, 7) is 10.4. The lowest BCUT2D eigenvalue weighted by molar-refractivity contribution is 0.158. The molecule has 2 unspecified atom stereocenters. The first-order valence-electron chi connectivity index (χ1n) is 8.21. The van der Waals surface area contributed by atoms with Crippen molar-refractivity contribution in [3.8, 4) is 0 Å². The molecule has 1 N–H and O–H groups in total. The van der Waals surface area contributed by atoms with E-state index < -0.39 is 0 Å². The third kappa shape index (κ3) is 4.60. The van der Waals surface area contributed by atoms with Crippen LogP contribution >= 0.6 is 0 Å². The van der Waals surface area contributed by atoms with Crippen LogP contribution in [-0.4, -0.2) is 30.6 Å². The molecule has 1 aliphatic heterocycles. The normalized spacial score (nSPS) is 21.9. The first-order valence-corrected chi connectivity index (χ1v) is 8.21. The van der Waals surface area contributed by atoms with Crippen LogP contribution in [0.5, 0.6) is 0 Å². The van der Waals surface area contributed by atoms with E-state index in [1.807, 2.05) is 0 Å². The summed E-state index contributed by atoms with van der Waals surface area (Å²) in [5.41, 5.74) is 2.72. The molecule has 0 spiro atoms. The van der Waals surface area contributed by atoms with Crippen LogP contribution in [0.25, 0.3) is 0 Å². The highest BCUT2D eigenvalue weighted by Gasteiger charge is 2.17. The van der Waals surface area contributed by atoms with Crippen molar-refractivity contribution in [3.63, 3.8) is 0 Å². The number of aryl methyl sites for hydroxylation is 1. The van der Waals surface area contributed by atoms with Gasteiger partial charge in [-0.2, -0.15) is 0 Å². The number of nitrogens with zero attached hydrogens (tertiary/aromatic N) is 1. The maximum Gasteiger partial charge on any atom is 0.0291 e. The number of rotatable bonds is 6. The summed E-state index contributed by atoms with van der Waals surface area (Å²) >= 11 is 0. The lowest BCUT2D eigenvalue weighted by Crippen LogP contribution is -2.39. The topological polar surface area (TPSA) is 15.3 Å². The molecule has 1 heterocycles. The van der Waals surface area contributed by atoms with Gasteiger partial charge in [-0.15, -0.1) is 0 Å². The van der Waals surface area contributed by atoms with Crippen LogP contribution in [0, 0.1) is 6.92 Å². The molecule has 2 heteroatoms. The van der Waals surface area contributed by atoms with Crippen molar-refractivity contribution in [2.24, 2.45) is 0 Å². The largest absolute Gasteiger partial charge is 0.310 e. The smallest absolute Gasteiger partial charge is 0.0291 e. The summed E-state index contributed by atoms with van der Waals surface area (Å²) in [6.07, 6.45) is 5.44. The van der Waals surface area contributed by atoms with Gasteiger partial charge in [0.05, 0.1) is 0 Å². The zero-order valence-electron chi connectivity index (χ0n) is 13.4. The minimum absolute atomic E-state index is 0.453. The second kappa shape index (κ2) is 7.80. The van der Waals surface area contributed by atoms with Gasteiger partial charge >= 0.3 is 0 Å². The van der Waals surface area contributed by atoms with Crippen LogP contribution in [0.2, 0.25) is 0 Å². The zero-order valence-corrected chi connectivity index (χ0v) is 13.4. The van der Waals surface area contributed by atoms with Gasteiger partial charge in [-0.1, -0.05) is 36.2 Å². The Morgan fingerprint density at radius 2 is 2.00 bits per heavy atom. The fourth-order valence-electron chi connectivity index (χ4n) is 3.06. The summed E-state index contributed by atoms with van der Waals surface area (Å²) < 4.78 is 0. The third-order valence-corrected chi connectivity index (χ3v) is 4.59. The lowest BCUT2D eigenvalue weighted by Gasteiger charge is -2.33. The molecule has 1 fully saturated rings. The Kier molecular flexibility index (Phi) is 6.06. The molecular weight excluding hydrogens is 244 g/mol. The van der Waals surface area contributed by atoms with Crippen molar-refractivity contribution in [3.05, 3.63) is 35.4 Å². The number of benzene rings is 1. The van der Waals surface area contributed by atoms with Gasteiger partial charge in [0.2, 0.25) is 0 Å². The Morgan fingerprint density at radius 3 is 2.70 bits per heavy atom. The predicted molar refractivity (Wildman–Crippen MR) is 87.1 cm³/mol. The highest BCUT2D eigenvalue weighted by molar-refractivity contribution is 5.23. The van der Waals surface area contributed by atoms with E-state index in [2.05, 4.69) is 55.3 Å². The van der Waals surface area contributed by atoms with Crippen molar-refractivity contribution >= 4 is 0 Å². The van der Waals surface area contributed by atoms with E-state index in [9.17, 15) is 0 Å². The van der Waals surface area contributed by atoms with Crippen molar-refractivity contribution in [2.45, 2.75) is 58.5 Å². The summed E-state index contributed by atoms with van der Waals surface area (Å²) in [5, 5.41) is 3.65. The van der Waals surface area contributed by atoms with E-state index >= 15 is 0 Å². The summed E-state index contributed by atoms with van der Waals surface area (Å²) in [7, 11) is 0. The van der Waals surface area contributed by atoms with E-state index in [0.717, 1.165) is 12.6 Å². The second-order valence-electron chi connectivity index (χ2n) is 6.32. The molecular formula is C18H30N2. The molecule has 0 aliphatic carbocycles. The van der Waals surface area contributed by atoms with Crippen LogP contribution in [0.15, 0.2) is 24.3 Å². The highest BCUT2D eigenvalue weighted by Crippen LogP contribution is 2.16. The van der Waals surface area contributed by atoms with Crippen LogP contribution in [0.1, 0.15) is 56.7 Å². The van der Waals surface area contributed by atoms with Crippen molar-refractivity contribution in [1.29, 1.82) is 0 Å². The van der Waals surface area contributed by atoms with Crippen LogP contribution < -0.4 is 5.32 Å². The van der Waals surface area contributed by atoms with E-state index in [4.69, 9.17) is 0 Å². The number of piperidine rings is 1. The first kappa shape index (κ1) is 15.5. The van der Waals surface area contributed by atoms with E-state index in [1.165, 1.54) is 49.9 Å². The maximum atomic E-state index is 3.65. The molecule has 2 rings (SSSR count). The van der Waals surface area contributed by atoms with Crippen molar-refractivity contribution in [2.75, 3.05) is 19.6 Å². The monoisotopic (exact) mass is 274 g/mol. The molecule has 0 aromatic heterocycles. The Bertz CT molecular complexity index is 385. The van der Waals surface area contributed by atoms with Gasteiger partial charge in [0.1, 0.15) is 0 Å². The fraction of sp³-hybridized carbons (Fsp3) is 0.667. The fourth-order valence-corrected chi connectivity index (χ4v) is 3.06. The third-order valence-electron chi connectivity index (χ3n) is 4.59. The van der Waals surface area contributed by atoms with Gasteiger partial charge in [0.25, 0.3) is 0 Å². The molecule has 2 nitrogen and oxygen atoms in total. The molecule has 1 saturated heterocycles. The van der Waals surface area contributed by atoms with Crippen molar-refractivity contribution in [1.82, 2.24) is 10.2 Å². The van der Waals surface area contributed by atoms with Gasteiger partial charge in [0, 0.05) is 12.1 Å². The van der Waals surface area contributed by atoms with Gasteiger partial charge in [-0.3, -0.25) is 0 Å². The molecule has 1 aromatic rings. The number of hydrogen-bond donors (Lipinski definition) is 1.